The van der Waals surface area contributed by atoms with Crippen molar-refractivity contribution >= 4 is 36.0 Å². The van der Waals surface area contributed by atoms with Crippen molar-refractivity contribution in [3.05, 3.63) is 0 Å². The molecule has 1 atom stereocenters. The van der Waals surface area contributed by atoms with Gasteiger partial charge in [0.15, 0.2) is 5.96 Å². The number of rotatable bonds is 4. The SMILES string of the molecule is CCNC(=NCC1(O)CCCC1)N1CCC(NC(=O)OC(C)(C)C)C1.I. The van der Waals surface area contributed by atoms with Crippen LogP contribution in [0.25, 0.3) is 0 Å². The van der Waals surface area contributed by atoms with Gasteiger partial charge < -0.3 is 25.4 Å². The van der Waals surface area contributed by atoms with Crippen LogP contribution in [0.4, 0.5) is 4.79 Å². The van der Waals surface area contributed by atoms with E-state index >= 15 is 0 Å². The Morgan fingerprint density at radius 2 is 2.00 bits per heavy atom. The highest BCUT2D eigenvalue weighted by Crippen LogP contribution is 2.29. The van der Waals surface area contributed by atoms with Crippen LogP contribution in [-0.4, -0.2) is 65.5 Å². The van der Waals surface area contributed by atoms with Crippen LogP contribution in [0.3, 0.4) is 0 Å². The molecule has 0 aromatic heterocycles. The van der Waals surface area contributed by atoms with Crippen molar-refractivity contribution < 1.29 is 14.6 Å². The molecule has 0 radical (unpaired) electrons. The second kappa shape index (κ2) is 9.96. The first-order valence-electron chi connectivity index (χ1n) is 9.46. The Morgan fingerprint density at radius 1 is 1.35 bits per heavy atom. The summed E-state index contributed by atoms with van der Waals surface area (Å²) >= 11 is 0. The average Bonchev–Trinajstić information content (AvgIpc) is 3.11. The van der Waals surface area contributed by atoms with Crippen LogP contribution in [0.2, 0.25) is 0 Å². The number of aliphatic hydroxyl groups is 1. The van der Waals surface area contributed by atoms with Crippen LogP contribution in [0.1, 0.15) is 59.8 Å². The first kappa shape index (κ1) is 23.3. The van der Waals surface area contributed by atoms with Gasteiger partial charge in [0.2, 0.25) is 0 Å². The summed E-state index contributed by atoms with van der Waals surface area (Å²) in [6.07, 6.45) is 4.30. The molecular weight excluding hydrogens is 447 g/mol. The molecule has 1 aliphatic heterocycles. The van der Waals surface area contributed by atoms with Gasteiger partial charge in [-0.3, -0.25) is 4.99 Å². The number of hydrogen-bond donors (Lipinski definition) is 3. The largest absolute Gasteiger partial charge is 0.444 e. The lowest BCUT2D eigenvalue weighted by Crippen LogP contribution is -2.44. The van der Waals surface area contributed by atoms with E-state index in [9.17, 15) is 9.90 Å². The summed E-state index contributed by atoms with van der Waals surface area (Å²) in [5.74, 6) is 0.816. The van der Waals surface area contributed by atoms with Crippen molar-refractivity contribution in [1.82, 2.24) is 15.5 Å². The smallest absolute Gasteiger partial charge is 0.407 e. The third-order valence-electron chi connectivity index (χ3n) is 4.60. The second-order valence-electron chi connectivity index (χ2n) is 8.18. The molecule has 0 aromatic carbocycles. The van der Waals surface area contributed by atoms with E-state index in [1.807, 2.05) is 27.7 Å². The fraction of sp³-hybridized carbons (Fsp3) is 0.889. The van der Waals surface area contributed by atoms with Gasteiger partial charge in [0, 0.05) is 19.6 Å². The minimum absolute atomic E-state index is 0. The number of carbonyl (C=O) groups excluding carboxylic acids is 1. The molecule has 2 aliphatic rings. The number of guanidine groups is 1. The van der Waals surface area contributed by atoms with Crippen molar-refractivity contribution in [2.45, 2.75) is 77.0 Å². The molecule has 0 aromatic rings. The number of likely N-dealkylation sites (tertiary alicyclic amines) is 1. The second-order valence-corrected chi connectivity index (χ2v) is 8.18. The first-order valence-corrected chi connectivity index (χ1v) is 9.46. The number of ether oxygens (including phenoxy) is 1. The van der Waals surface area contributed by atoms with E-state index in [1.165, 1.54) is 0 Å². The highest BCUT2D eigenvalue weighted by Gasteiger charge is 2.32. The maximum Gasteiger partial charge on any atom is 0.407 e. The van der Waals surface area contributed by atoms with Crippen LogP contribution < -0.4 is 10.6 Å². The van der Waals surface area contributed by atoms with Crippen molar-refractivity contribution in [2.75, 3.05) is 26.2 Å². The summed E-state index contributed by atoms with van der Waals surface area (Å²) in [7, 11) is 0. The lowest BCUT2D eigenvalue weighted by molar-refractivity contribution is 0.0507. The van der Waals surface area contributed by atoms with E-state index in [1.54, 1.807) is 0 Å². The topological polar surface area (TPSA) is 86.2 Å². The van der Waals surface area contributed by atoms with Crippen molar-refractivity contribution in [1.29, 1.82) is 0 Å². The molecule has 3 N–H and O–H groups in total. The maximum absolute atomic E-state index is 11.9. The quantitative estimate of drug-likeness (QED) is 0.326. The predicted molar refractivity (Wildman–Crippen MR) is 114 cm³/mol. The molecular formula is C18H35IN4O3. The lowest BCUT2D eigenvalue weighted by Gasteiger charge is -2.25. The number of nitrogens with zero attached hydrogens (tertiary/aromatic N) is 2. The number of halogens is 1. The number of amides is 1. The predicted octanol–water partition coefficient (Wildman–Crippen LogP) is 2.47. The van der Waals surface area contributed by atoms with Gasteiger partial charge >= 0.3 is 6.09 Å². The van der Waals surface area contributed by atoms with Crippen molar-refractivity contribution in [2.24, 2.45) is 4.99 Å². The highest BCUT2D eigenvalue weighted by atomic mass is 127. The average molecular weight is 482 g/mol. The molecule has 152 valence electrons. The van der Waals surface area contributed by atoms with Crippen molar-refractivity contribution in [3.8, 4) is 0 Å². The van der Waals surface area contributed by atoms with Crippen molar-refractivity contribution in [3.63, 3.8) is 0 Å². The number of alkyl carbamates (subject to hydrolysis) is 1. The summed E-state index contributed by atoms with van der Waals surface area (Å²) in [6, 6.07) is 0.0493. The van der Waals surface area contributed by atoms with Crippen LogP contribution in [-0.2, 0) is 4.74 Å². The molecule has 1 saturated carbocycles. The third kappa shape index (κ3) is 7.46. The number of nitrogens with one attached hydrogen (secondary N) is 2. The summed E-state index contributed by atoms with van der Waals surface area (Å²) in [5, 5.41) is 16.7. The monoisotopic (exact) mass is 482 g/mol. The van der Waals surface area contributed by atoms with Gasteiger partial charge in [0.1, 0.15) is 5.60 Å². The standard InChI is InChI=1S/C18H34N4O3.HI/c1-5-19-15(20-13-18(24)9-6-7-10-18)22-11-8-14(12-22)21-16(23)25-17(2,3)4;/h14,24H,5-13H2,1-4H3,(H,19,20)(H,21,23);1H. The van der Waals surface area contributed by atoms with E-state index < -0.39 is 11.2 Å². The fourth-order valence-corrected chi connectivity index (χ4v) is 3.38. The Bertz CT molecular complexity index is 487. The van der Waals surface area contributed by atoms with E-state index in [0.717, 1.165) is 51.2 Å². The molecule has 26 heavy (non-hydrogen) atoms. The van der Waals surface area contributed by atoms with Crippen LogP contribution >= 0.6 is 24.0 Å². The fourth-order valence-electron chi connectivity index (χ4n) is 3.38. The van der Waals surface area contributed by atoms with E-state index in [0.29, 0.717) is 13.1 Å². The maximum atomic E-state index is 11.9. The first-order chi connectivity index (χ1) is 11.7. The summed E-state index contributed by atoms with van der Waals surface area (Å²) in [6.45, 7) is 10.3. The van der Waals surface area contributed by atoms with Crippen LogP contribution in [0.5, 0.6) is 0 Å². The molecule has 1 saturated heterocycles. The number of aliphatic imine (C=N–C) groups is 1. The van der Waals surface area contributed by atoms with Gasteiger partial charge in [-0.05, 0) is 47.0 Å². The number of carbonyl (C=O) groups is 1. The molecule has 7 nitrogen and oxygen atoms in total. The molecule has 0 bridgehead atoms. The minimum Gasteiger partial charge on any atom is -0.444 e. The molecule has 1 unspecified atom stereocenters. The zero-order valence-corrected chi connectivity index (χ0v) is 18.8. The lowest BCUT2D eigenvalue weighted by atomic mass is 10.0. The molecule has 1 amide bonds. The van der Waals surface area contributed by atoms with Gasteiger partial charge in [0.05, 0.1) is 18.2 Å². The molecule has 0 spiro atoms. The number of hydrogen-bond acceptors (Lipinski definition) is 4. The molecule has 2 rings (SSSR count). The van der Waals surface area contributed by atoms with Gasteiger partial charge in [-0.1, -0.05) is 12.8 Å². The Morgan fingerprint density at radius 3 is 2.58 bits per heavy atom. The summed E-state index contributed by atoms with van der Waals surface area (Å²) in [4.78, 5) is 18.7. The zero-order valence-electron chi connectivity index (χ0n) is 16.5. The Hall–Kier alpha value is -0.770. The Labute approximate surface area is 174 Å². The molecule has 1 heterocycles. The van der Waals surface area contributed by atoms with E-state index in [2.05, 4.69) is 20.5 Å². The summed E-state index contributed by atoms with van der Waals surface area (Å²) < 4.78 is 5.32. The van der Waals surface area contributed by atoms with Gasteiger partial charge in [-0.25, -0.2) is 4.79 Å². The Kier molecular flexibility index (Phi) is 8.92. The normalized spacial score (nSPS) is 22.7. The molecule has 2 fully saturated rings. The highest BCUT2D eigenvalue weighted by molar-refractivity contribution is 14.0. The molecule has 8 heteroatoms. The minimum atomic E-state index is -0.644. The van der Waals surface area contributed by atoms with Gasteiger partial charge in [-0.15, -0.1) is 24.0 Å². The van der Waals surface area contributed by atoms with Gasteiger partial charge in [-0.2, -0.15) is 0 Å². The zero-order chi connectivity index (χ0) is 18.5. The van der Waals surface area contributed by atoms with Crippen LogP contribution in [0.15, 0.2) is 4.99 Å². The van der Waals surface area contributed by atoms with Crippen LogP contribution in [0, 0.1) is 0 Å². The third-order valence-corrected chi connectivity index (χ3v) is 4.60. The molecule has 1 aliphatic carbocycles. The van der Waals surface area contributed by atoms with E-state index in [-0.39, 0.29) is 36.1 Å². The van der Waals surface area contributed by atoms with E-state index in [4.69, 9.17) is 4.74 Å². The summed E-state index contributed by atoms with van der Waals surface area (Å²) in [5.41, 5.74) is -1.13. The Balaban J connectivity index is 0.00000338. The van der Waals surface area contributed by atoms with Gasteiger partial charge in [0.25, 0.3) is 0 Å².